The third-order valence-corrected chi connectivity index (χ3v) is 5.85. The molecule has 1 aromatic rings. The van der Waals surface area contributed by atoms with Gasteiger partial charge in [-0.1, -0.05) is 33.6 Å². The molecule has 164 valence electrons. The van der Waals surface area contributed by atoms with Crippen LogP contribution in [0.1, 0.15) is 71.9 Å². The number of hydrogen-bond acceptors (Lipinski definition) is 4. The van der Waals surface area contributed by atoms with Gasteiger partial charge in [-0.05, 0) is 36.5 Å². The van der Waals surface area contributed by atoms with E-state index in [0.717, 1.165) is 6.07 Å². The molecule has 11 heteroatoms. The summed E-state index contributed by atoms with van der Waals surface area (Å²) in [6.45, 7) is 4.51. The lowest BCUT2D eigenvalue weighted by molar-refractivity contribution is -0.0438. The smallest absolute Gasteiger partial charge is 0.366 e. The van der Waals surface area contributed by atoms with Gasteiger partial charge in [0.1, 0.15) is 0 Å². The van der Waals surface area contributed by atoms with Crippen molar-refractivity contribution in [2.45, 2.75) is 58.4 Å². The molecule has 0 spiro atoms. The zero-order valence-electron chi connectivity index (χ0n) is 16.6. The number of rotatable bonds is 10. The van der Waals surface area contributed by atoms with Crippen LogP contribution in [0.2, 0.25) is 0 Å². The Hall–Kier alpha value is -2.30. The highest BCUT2D eigenvalue weighted by atomic mass is 32.2. The summed E-state index contributed by atoms with van der Waals surface area (Å²) in [6.07, 6.45) is 1.30. The standard InChI is InChI=1S/C18H26F3N3O4S/c1-4-7-11-13(16(22)25)10-14(12(8-5-2)15(11)17(23)26)24(9-6-3)29(27,28)18(19,20)21/h10H,4-9H2,1-3H3,(H2,22,25)(H2,23,26). The van der Waals surface area contributed by atoms with Crippen LogP contribution in [0, 0.1) is 0 Å². The molecule has 7 nitrogen and oxygen atoms in total. The topological polar surface area (TPSA) is 124 Å². The Bertz CT molecular complexity index is 883. The van der Waals surface area contributed by atoms with E-state index in [2.05, 4.69) is 0 Å². The highest BCUT2D eigenvalue weighted by Crippen LogP contribution is 2.37. The van der Waals surface area contributed by atoms with Crippen LogP contribution in [0.5, 0.6) is 0 Å². The molecule has 1 rings (SSSR count). The van der Waals surface area contributed by atoms with Crippen molar-refractivity contribution in [1.82, 2.24) is 0 Å². The van der Waals surface area contributed by atoms with Crippen LogP contribution < -0.4 is 15.8 Å². The molecule has 1 aromatic carbocycles. The summed E-state index contributed by atoms with van der Waals surface area (Å²) in [5.41, 5.74) is 4.87. The molecule has 0 unspecified atom stereocenters. The van der Waals surface area contributed by atoms with E-state index in [1.807, 2.05) is 0 Å². The largest absolute Gasteiger partial charge is 0.516 e. The summed E-state index contributed by atoms with van der Waals surface area (Å²) >= 11 is 0. The second kappa shape index (κ2) is 9.47. The first-order valence-electron chi connectivity index (χ1n) is 9.22. The summed E-state index contributed by atoms with van der Waals surface area (Å²) < 4.78 is 64.6. The lowest BCUT2D eigenvalue weighted by Gasteiger charge is -2.29. The van der Waals surface area contributed by atoms with Crippen LogP contribution in [0.15, 0.2) is 6.07 Å². The van der Waals surface area contributed by atoms with Gasteiger partial charge >= 0.3 is 15.5 Å². The minimum Gasteiger partial charge on any atom is -0.366 e. The van der Waals surface area contributed by atoms with Gasteiger partial charge in [0.25, 0.3) is 0 Å². The second-order valence-electron chi connectivity index (χ2n) is 6.53. The summed E-state index contributed by atoms with van der Waals surface area (Å²) in [7, 11) is -5.78. The Balaban J connectivity index is 4.10. The fourth-order valence-electron chi connectivity index (χ4n) is 3.21. The number of amides is 2. The molecule has 0 aromatic heterocycles. The molecule has 0 aliphatic rings. The van der Waals surface area contributed by atoms with E-state index in [9.17, 15) is 31.2 Å². The maximum absolute atomic E-state index is 13.3. The van der Waals surface area contributed by atoms with Gasteiger partial charge in [0, 0.05) is 17.7 Å². The van der Waals surface area contributed by atoms with Crippen molar-refractivity contribution in [3.05, 3.63) is 28.3 Å². The van der Waals surface area contributed by atoms with Crippen molar-refractivity contribution in [2.75, 3.05) is 10.8 Å². The zero-order valence-corrected chi connectivity index (χ0v) is 17.4. The number of carbonyl (C=O) groups is 2. The van der Waals surface area contributed by atoms with Crippen LogP contribution in [0.4, 0.5) is 18.9 Å². The minimum atomic E-state index is -5.78. The normalized spacial score (nSPS) is 12.1. The lowest BCUT2D eigenvalue weighted by atomic mass is 9.88. The highest BCUT2D eigenvalue weighted by Gasteiger charge is 2.50. The van der Waals surface area contributed by atoms with Crippen molar-refractivity contribution >= 4 is 27.5 Å². The molecule has 0 saturated heterocycles. The number of sulfonamides is 1. The van der Waals surface area contributed by atoms with E-state index in [1.54, 1.807) is 13.8 Å². The molecule has 0 aliphatic carbocycles. The molecular weight excluding hydrogens is 411 g/mol. The molecule has 0 bridgehead atoms. The van der Waals surface area contributed by atoms with Gasteiger partial charge in [-0.3, -0.25) is 13.9 Å². The van der Waals surface area contributed by atoms with Crippen LogP contribution >= 0.6 is 0 Å². The van der Waals surface area contributed by atoms with E-state index in [1.165, 1.54) is 6.92 Å². The summed E-state index contributed by atoms with van der Waals surface area (Å²) in [4.78, 5) is 24.2. The number of hydrogen-bond donors (Lipinski definition) is 2. The van der Waals surface area contributed by atoms with Gasteiger partial charge in [-0.2, -0.15) is 21.6 Å². The Morgan fingerprint density at radius 1 is 0.966 bits per heavy atom. The fraction of sp³-hybridized carbons (Fsp3) is 0.556. The van der Waals surface area contributed by atoms with E-state index in [4.69, 9.17) is 11.5 Å². The number of nitrogens with zero attached hydrogens (tertiary/aromatic N) is 1. The first-order valence-corrected chi connectivity index (χ1v) is 10.7. The maximum atomic E-state index is 13.3. The molecule has 0 radical (unpaired) electrons. The third-order valence-electron chi connectivity index (χ3n) is 4.31. The van der Waals surface area contributed by atoms with Gasteiger partial charge in [-0.25, -0.2) is 0 Å². The average Bonchev–Trinajstić information content (AvgIpc) is 2.59. The van der Waals surface area contributed by atoms with Crippen LogP contribution in [-0.2, 0) is 22.9 Å². The SMILES string of the molecule is CCCc1c(C(N)=O)cc(N(CCC)S(=O)(=O)C(F)(F)F)c(CCC)c1C(N)=O. The van der Waals surface area contributed by atoms with Crippen molar-refractivity contribution < 1.29 is 31.2 Å². The van der Waals surface area contributed by atoms with Crippen molar-refractivity contribution in [2.24, 2.45) is 11.5 Å². The van der Waals surface area contributed by atoms with Crippen LogP contribution in [0.25, 0.3) is 0 Å². The molecule has 0 fully saturated rings. The Morgan fingerprint density at radius 3 is 1.86 bits per heavy atom. The van der Waals surface area contributed by atoms with Gasteiger partial charge in [0.05, 0.1) is 5.69 Å². The molecule has 0 aliphatic heterocycles. The van der Waals surface area contributed by atoms with Gasteiger partial charge < -0.3 is 11.5 Å². The second-order valence-corrected chi connectivity index (χ2v) is 8.38. The number of alkyl halides is 3. The minimum absolute atomic E-state index is 0.0646. The average molecular weight is 437 g/mol. The summed E-state index contributed by atoms with van der Waals surface area (Å²) in [5.74, 6) is -1.94. The number of halogens is 3. The lowest BCUT2D eigenvalue weighted by Crippen LogP contribution is -2.42. The number of nitrogens with two attached hydrogens (primary N) is 2. The van der Waals surface area contributed by atoms with Crippen LogP contribution in [0.3, 0.4) is 0 Å². The van der Waals surface area contributed by atoms with Gasteiger partial charge in [0.2, 0.25) is 11.8 Å². The molecule has 2 amide bonds. The first kappa shape index (κ1) is 24.7. The number of carbonyl (C=O) groups excluding carboxylic acids is 2. The predicted molar refractivity (Wildman–Crippen MR) is 104 cm³/mol. The van der Waals surface area contributed by atoms with E-state index < -0.39 is 39.6 Å². The fourth-order valence-corrected chi connectivity index (χ4v) is 4.30. The monoisotopic (exact) mass is 437 g/mol. The van der Waals surface area contributed by atoms with Crippen molar-refractivity contribution in [3.8, 4) is 0 Å². The summed E-state index contributed by atoms with van der Waals surface area (Å²) in [5, 5.41) is 0. The number of benzene rings is 1. The van der Waals surface area contributed by atoms with Gasteiger partial charge in [-0.15, -0.1) is 0 Å². The molecule has 0 atom stereocenters. The van der Waals surface area contributed by atoms with E-state index in [0.29, 0.717) is 12.8 Å². The highest BCUT2D eigenvalue weighted by molar-refractivity contribution is 7.93. The number of anilines is 1. The van der Waals surface area contributed by atoms with Crippen molar-refractivity contribution in [3.63, 3.8) is 0 Å². The molecular formula is C18H26F3N3O4S. The Morgan fingerprint density at radius 2 is 1.48 bits per heavy atom. The van der Waals surface area contributed by atoms with Crippen molar-refractivity contribution in [1.29, 1.82) is 0 Å². The number of primary amides is 2. The predicted octanol–water partition coefficient (Wildman–Crippen LogP) is 2.86. The maximum Gasteiger partial charge on any atom is 0.516 e. The molecule has 0 heterocycles. The molecule has 29 heavy (non-hydrogen) atoms. The first-order chi connectivity index (χ1) is 13.3. The Labute approximate surface area is 168 Å². The van der Waals surface area contributed by atoms with Gasteiger partial charge in [0.15, 0.2) is 0 Å². The zero-order chi connectivity index (χ0) is 22.6. The van der Waals surface area contributed by atoms with E-state index in [-0.39, 0.29) is 45.8 Å². The third kappa shape index (κ3) is 5.01. The Kier molecular flexibility index (Phi) is 8.07. The summed E-state index contributed by atoms with van der Waals surface area (Å²) in [6, 6.07) is 1.03. The van der Waals surface area contributed by atoms with Crippen LogP contribution in [-0.4, -0.2) is 32.3 Å². The molecule has 0 saturated carbocycles. The quantitative estimate of drug-likeness (QED) is 0.584. The van der Waals surface area contributed by atoms with E-state index >= 15 is 0 Å². The molecule has 4 N–H and O–H groups in total.